The van der Waals surface area contributed by atoms with E-state index in [9.17, 15) is 0 Å². The first-order chi connectivity index (χ1) is 11.3. The Kier molecular flexibility index (Phi) is 3.95. The third kappa shape index (κ3) is 2.94. The number of methoxy groups -OCH3 is 1. The SMILES string of the molecule is COc1nc(C)c(-c2ccc(OC(C)(C)C)cc2C)n2ccnc12. The molecule has 0 aliphatic heterocycles. The lowest BCUT2D eigenvalue weighted by molar-refractivity contribution is 0.131. The van der Waals surface area contributed by atoms with Gasteiger partial charge in [-0.05, 0) is 58.4 Å². The van der Waals surface area contributed by atoms with Gasteiger partial charge in [-0.2, -0.15) is 0 Å². The fourth-order valence-corrected chi connectivity index (χ4v) is 2.85. The van der Waals surface area contributed by atoms with Gasteiger partial charge < -0.3 is 9.47 Å². The van der Waals surface area contributed by atoms with Gasteiger partial charge in [-0.15, -0.1) is 0 Å². The largest absolute Gasteiger partial charge is 0.488 e. The van der Waals surface area contributed by atoms with Crippen molar-refractivity contribution in [2.75, 3.05) is 7.11 Å². The smallest absolute Gasteiger partial charge is 0.258 e. The number of rotatable bonds is 3. The summed E-state index contributed by atoms with van der Waals surface area (Å²) in [5, 5.41) is 0. The van der Waals surface area contributed by atoms with Gasteiger partial charge in [-0.25, -0.2) is 9.97 Å². The van der Waals surface area contributed by atoms with Gasteiger partial charge in [0.1, 0.15) is 11.4 Å². The summed E-state index contributed by atoms with van der Waals surface area (Å²) >= 11 is 0. The second kappa shape index (κ2) is 5.82. The number of imidazole rings is 1. The average Bonchev–Trinajstić information content (AvgIpc) is 2.95. The number of fused-ring (bicyclic) bond motifs is 1. The van der Waals surface area contributed by atoms with E-state index in [1.165, 1.54) is 0 Å². The van der Waals surface area contributed by atoms with Crippen LogP contribution in [0, 0.1) is 13.8 Å². The molecule has 0 radical (unpaired) electrons. The predicted octanol–water partition coefficient (Wildman–Crippen LogP) is 4.20. The Bertz CT molecular complexity index is 891. The molecule has 0 aliphatic rings. The van der Waals surface area contributed by atoms with Crippen molar-refractivity contribution < 1.29 is 9.47 Å². The summed E-state index contributed by atoms with van der Waals surface area (Å²) < 4.78 is 13.3. The summed E-state index contributed by atoms with van der Waals surface area (Å²) in [6.45, 7) is 10.2. The van der Waals surface area contributed by atoms with Crippen molar-refractivity contribution in [3.8, 4) is 22.9 Å². The molecule has 0 amide bonds. The maximum absolute atomic E-state index is 5.96. The van der Waals surface area contributed by atoms with E-state index in [0.29, 0.717) is 11.5 Å². The van der Waals surface area contributed by atoms with Crippen LogP contribution in [0.25, 0.3) is 16.9 Å². The van der Waals surface area contributed by atoms with E-state index >= 15 is 0 Å². The monoisotopic (exact) mass is 325 g/mol. The second-order valence-electron chi connectivity index (χ2n) is 6.87. The molecule has 0 saturated carbocycles. The topological polar surface area (TPSA) is 48.7 Å². The van der Waals surface area contributed by atoms with E-state index in [4.69, 9.17) is 9.47 Å². The summed E-state index contributed by atoms with van der Waals surface area (Å²) in [6.07, 6.45) is 3.69. The Morgan fingerprint density at radius 3 is 2.50 bits per heavy atom. The molecule has 126 valence electrons. The zero-order valence-electron chi connectivity index (χ0n) is 15.0. The number of benzene rings is 1. The zero-order chi connectivity index (χ0) is 17.5. The van der Waals surface area contributed by atoms with Crippen LogP contribution >= 0.6 is 0 Å². The quantitative estimate of drug-likeness (QED) is 0.724. The minimum atomic E-state index is -0.219. The van der Waals surface area contributed by atoms with E-state index in [2.05, 4.69) is 29.0 Å². The van der Waals surface area contributed by atoms with Crippen LogP contribution in [-0.2, 0) is 0 Å². The van der Waals surface area contributed by atoms with E-state index in [0.717, 1.165) is 28.3 Å². The summed E-state index contributed by atoms with van der Waals surface area (Å²) in [5.41, 5.74) is 4.64. The van der Waals surface area contributed by atoms with Crippen molar-refractivity contribution in [1.29, 1.82) is 0 Å². The molecule has 3 rings (SSSR count). The molecule has 2 heterocycles. The number of aromatic nitrogens is 3. The highest BCUT2D eigenvalue weighted by Crippen LogP contribution is 2.32. The third-order valence-electron chi connectivity index (χ3n) is 3.76. The van der Waals surface area contributed by atoms with Gasteiger partial charge in [0.25, 0.3) is 5.88 Å². The molecule has 0 unspecified atom stereocenters. The van der Waals surface area contributed by atoms with Crippen LogP contribution in [0.15, 0.2) is 30.6 Å². The molecule has 1 aromatic carbocycles. The van der Waals surface area contributed by atoms with Crippen LogP contribution < -0.4 is 9.47 Å². The van der Waals surface area contributed by atoms with Gasteiger partial charge in [-0.3, -0.25) is 4.40 Å². The molecule has 0 aliphatic carbocycles. The summed E-state index contributed by atoms with van der Waals surface area (Å²) in [6, 6.07) is 6.14. The van der Waals surface area contributed by atoms with Crippen molar-refractivity contribution in [3.05, 3.63) is 41.9 Å². The summed E-state index contributed by atoms with van der Waals surface area (Å²) in [7, 11) is 1.61. The Balaban J connectivity index is 2.15. The fraction of sp³-hybridized carbons (Fsp3) is 0.368. The number of aryl methyl sites for hydroxylation is 2. The molecule has 0 spiro atoms. The maximum atomic E-state index is 5.96. The van der Waals surface area contributed by atoms with Gasteiger partial charge in [-0.1, -0.05) is 0 Å². The predicted molar refractivity (Wildman–Crippen MR) is 94.8 cm³/mol. The van der Waals surface area contributed by atoms with Gasteiger partial charge in [0.2, 0.25) is 5.65 Å². The second-order valence-corrected chi connectivity index (χ2v) is 6.87. The first-order valence-electron chi connectivity index (χ1n) is 7.98. The fourth-order valence-electron chi connectivity index (χ4n) is 2.85. The van der Waals surface area contributed by atoms with Crippen molar-refractivity contribution in [3.63, 3.8) is 0 Å². The molecule has 5 nitrogen and oxygen atoms in total. The number of hydrogen-bond acceptors (Lipinski definition) is 4. The van der Waals surface area contributed by atoms with Crippen molar-refractivity contribution in [1.82, 2.24) is 14.4 Å². The normalized spacial score (nSPS) is 11.8. The third-order valence-corrected chi connectivity index (χ3v) is 3.76. The Morgan fingerprint density at radius 2 is 1.88 bits per heavy atom. The van der Waals surface area contributed by atoms with Crippen LogP contribution in [-0.4, -0.2) is 27.1 Å². The van der Waals surface area contributed by atoms with Crippen molar-refractivity contribution in [2.45, 2.75) is 40.2 Å². The Labute approximate surface area is 142 Å². The molecule has 5 heteroatoms. The lowest BCUT2D eigenvalue weighted by Crippen LogP contribution is -2.22. The molecule has 0 N–H and O–H groups in total. The standard InChI is InChI=1S/C19H23N3O2/c1-12-11-14(24-19(3,4)5)7-8-15(12)16-13(2)21-18(23-6)17-20-9-10-22(16)17/h7-11H,1-6H3. The van der Waals surface area contributed by atoms with E-state index in [-0.39, 0.29) is 5.60 Å². The van der Waals surface area contributed by atoms with Crippen LogP contribution in [0.5, 0.6) is 11.6 Å². The summed E-state index contributed by atoms with van der Waals surface area (Å²) in [5.74, 6) is 1.40. The highest BCUT2D eigenvalue weighted by molar-refractivity contribution is 5.71. The number of hydrogen-bond donors (Lipinski definition) is 0. The number of ether oxygens (including phenoxy) is 2. The zero-order valence-corrected chi connectivity index (χ0v) is 15.0. The van der Waals surface area contributed by atoms with Gasteiger partial charge in [0.05, 0.1) is 18.5 Å². The molecule has 0 saturated heterocycles. The van der Waals surface area contributed by atoms with Crippen LogP contribution in [0.1, 0.15) is 32.0 Å². The van der Waals surface area contributed by atoms with Crippen molar-refractivity contribution in [2.24, 2.45) is 0 Å². The van der Waals surface area contributed by atoms with Crippen LogP contribution in [0.3, 0.4) is 0 Å². The molecule has 0 atom stereocenters. The minimum absolute atomic E-state index is 0.219. The molecular formula is C19H23N3O2. The first-order valence-corrected chi connectivity index (χ1v) is 7.98. The van der Waals surface area contributed by atoms with E-state index < -0.39 is 0 Å². The molecular weight excluding hydrogens is 302 g/mol. The first kappa shape index (κ1) is 16.3. The van der Waals surface area contributed by atoms with E-state index in [1.54, 1.807) is 13.3 Å². The summed E-state index contributed by atoms with van der Waals surface area (Å²) in [4.78, 5) is 8.92. The van der Waals surface area contributed by atoms with Crippen molar-refractivity contribution >= 4 is 5.65 Å². The lowest BCUT2D eigenvalue weighted by Gasteiger charge is -2.22. The van der Waals surface area contributed by atoms with Crippen LogP contribution in [0.2, 0.25) is 0 Å². The van der Waals surface area contributed by atoms with Gasteiger partial charge in [0, 0.05) is 18.0 Å². The highest BCUT2D eigenvalue weighted by Gasteiger charge is 2.17. The average molecular weight is 325 g/mol. The number of nitrogens with zero attached hydrogens (tertiary/aromatic N) is 3. The molecule has 24 heavy (non-hydrogen) atoms. The van der Waals surface area contributed by atoms with Gasteiger partial charge in [0.15, 0.2) is 0 Å². The Hall–Kier alpha value is -2.56. The van der Waals surface area contributed by atoms with E-state index in [1.807, 2.05) is 44.4 Å². The maximum Gasteiger partial charge on any atom is 0.258 e. The molecule has 2 aromatic heterocycles. The molecule has 0 bridgehead atoms. The minimum Gasteiger partial charge on any atom is -0.488 e. The molecule has 3 aromatic rings. The lowest BCUT2D eigenvalue weighted by atomic mass is 10.0. The van der Waals surface area contributed by atoms with Crippen LogP contribution in [0.4, 0.5) is 0 Å². The van der Waals surface area contributed by atoms with Gasteiger partial charge >= 0.3 is 0 Å². The highest BCUT2D eigenvalue weighted by atomic mass is 16.5. The Morgan fingerprint density at radius 1 is 1.12 bits per heavy atom. The molecule has 0 fully saturated rings.